The van der Waals surface area contributed by atoms with Gasteiger partial charge in [0.1, 0.15) is 11.6 Å². The molecule has 1 unspecified atom stereocenters. The Hall–Kier alpha value is -2.45. The number of carbonyl (C=O) groups excluding carboxylic acids is 1. The number of aromatic amines is 1. The van der Waals surface area contributed by atoms with Crippen molar-refractivity contribution in [2.75, 3.05) is 17.2 Å². The molecule has 2 rings (SSSR count). The maximum Gasteiger partial charge on any atom is 0.330 e. The summed E-state index contributed by atoms with van der Waals surface area (Å²) in [6.45, 7) is 6.18. The van der Waals surface area contributed by atoms with Crippen molar-refractivity contribution in [2.24, 2.45) is 0 Å². The third-order valence-electron chi connectivity index (χ3n) is 5.02. The Labute approximate surface area is 197 Å². The van der Waals surface area contributed by atoms with Crippen LogP contribution < -0.4 is 26.6 Å². The number of nitrogens with two attached hydrogens (primary N) is 1. The zero-order valence-corrected chi connectivity index (χ0v) is 20.1. The number of nitrogen functional groups attached to an aromatic ring is 1. The van der Waals surface area contributed by atoms with Crippen LogP contribution in [-0.4, -0.2) is 28.1 Å². The normalized spacial score (nSPS) is 11.9. The van der Waals surface area contributed by atoms with Gasteiger partial charge in [-0.05, 0) is 38.0 Å². The molecule has 1 atom stereocenters. The molecule has 176 valence electrons. The number of nitrogens with zero attached hydrogens (tertiary/aromatic N) is 2. The number of hydrogen-bond acceptors (Lipinski definition) is 5. The molecule has 0 aliphatic carbocycles. The van der Waals surface area contributed by atoms with Crippen LogP contribution in [0.25, 0.3) is 0 Å². The quantitative estimate of drug-likeness (QED) is 0.463. The Morgan fingerprint density at radius 3 is 2.50 bits per heavy atom. The summed E-state index contributed by atoms with van der Waals surface area (Å²) in [7, 11) is 0. The number of nitrogens with one attached hydrogen (secondary N) is 1. The number of rotatable bonds is 11. The highest BCUT2D eigenvalue weighted by Gasteiger charge is 2.29. The standard InChI is InChI=1S/C22H30Cl2N4O4/c1-4-6-8-12-27(18-19(25)28(11-7-5-2)22(31)26-20(18)29)21(30)14(3)32-17-10-9-15(23)13-16(17)24/h9-10,13-14H,4-8,11-12,25H2,1-3H3,(H,26,29,31). The largest absolute Gasteiger partial charge is 0.479 e. The highest BCUT2D eigenvalue weighted by atomic mass is 35.5. The van der Waals surface area contributed by atoms with Gasteiger partial charge in [0.05, 0.1) is 5.02 Å². The number of hydrogen-bond donors (Lipinski definition) is 2. The third kappa shape index (κ3) is 6.29. The van der Waals surface area contributed by atoms with Crippen molar-refractivity contribution in [3.63, 3.8) is 0 Å². The topological polar surface area (TPSA) is 110 Å². The molecule has 1 amide bonds. The van der Waals surface area contributed by atoms with Crippen molar-refractivity contribution in [1.29, 1.82) is 0 Å². The summed E-state index contributed by atoms with van der Waals surface area (Å²) in [6, 6.07) is 4.69. The van der Waals surface area contributed by atoms with Crippen LogP contribution in [0, 0.1) is 0 Å². The summed E-state index contributed by atoms with van der Waals surface area (Å²) in [4.78, 5) is 42.0. The fourth-order valence-corrected chi connectivity index (χ4v) is 3.71. The van der Waals surface area contributed by atoms with E-state index in [0.717, 1.165) is 19.3 Å². The molecular weight excluding hydrogens is 455 g/mol. The van der Waals surface area contributed by atoms with E-state index in [4.69, 9.17) is 33.7 Å². The first kappa shape index (κ1) is 25.8. The van der Waals surface area contributed by atoms with Gasteiger partial charge in [-0.2, -0.15) is 0 Å². The summed E-state index contributed by atoms with van der Waals surface area (Å²) in [5.41, 5.74) is 4.89. The SMILES string of the molecule is CCCCCN(C(=O)C(C)Oc1ccc(Cl)cc1Cl)c1c(N)n(CCCC)c(=O)[nH]c1=O. The molecule has 8 nitrogen and oxygen atoms in total. The van der Waals surface area contributed by atoms with Crippen LogP contribution in [0.15, 0.2) is 27.8 Å². The van der Waals surface area contributed by atoms with E-state index in [1.54, 1.807) is 19.1 Å². The van der Waals surface area contributed by atoms with Crippen LogP contribution in [0.1, 0.15) is 52.9 Å². The van der Waals surface area contributed by atoms with Gasteiger partial charge in [-0.3, -0.25) is 19.1 Å². The van der Waals surface area contributed by atoms with E-state index in [0.29, 0.717) is 30.2 Å². The zero-order chi connectivity index (χ0) is 23.8. The maximum atomic E-state index is 13.4. The van der Waals surface area contributed by atoms with Crippen LogP contribution >= 0.6 is 23.2 Å². The van der Waals surface area contributed by atoms with E-state index < -0.39 is 23.3 Å². The van der Waals surface area contributed by atoms with Crippen molar-refractivity contribution in [2.45, 2.75) is 65.5 Å². The number of amides is 1. The van der Waals surface area contributed by atoms with Crippen molar-refractivity contribution in [1.82, 2.24) is 9.55 Å². The molecule has 3 N–H and O–H groups in total. The number of aromatic nitrogens is 2. The average molecular weight is 485 g/mol. The van der Waals surface area contributed by atoms with Crippen LogP contribution in [0.4, 0.5) is 11.5 Å². The molecule has 0 saturated heterocycles. The first-order valence-electron chi connectivity index (χ1n) is 10.8. The van der Waals surface area contributed by atoms with Crippen LogP contribution in [0.3, 0.4) is 0 Å². The van der Waals surface area contributed by atoms with Crippen molar-refractivity contribution in [3.8, 4) is 5.75 Å². The number of ether oxygens (including phenoxy) is 1. The van der Waals surface area contributed by atoms with Gasteiger partial charge in [0.15, 0.2) is 11.8 Å². The fourth-order valence-electron chi connectivity index (χ4n) is 3.26. The Morgan fingerprint density at radius 2 is 1.88 bits per heavy atom. The molecule has 2 aromatic rings. The number of benzene rings is 1. The molecule has 1 heterocycles. The molecule has 0 radical (unpaired) electrons. The Kier molecular flexibility index (Phi) is 9.65. The van der Waals surface area contributed by atoms with Crippen LogP contribution in [-0.2, 0) is 11.3 Å². The molecule has 0 aliphatic rings. The number of carbonyl (C=O) groups is 1. The second-order valence-electron chi connectivity index (χ2n) is 7.53. The predicted molar refractivity (Wildman–Crippen MR) is 129 cm³/mol. The van der Waals surface area contributed by atoms with Gasteiger partial charge in [0.2, 0.25) is 0 Å². The third-order valence-corrected chi connectivity index (χ3v) is 5.55. The number of H-pyrrole nitrogens is 1. The molecule has 1 aromatic heterocycles. The highest BCUT2D eigenvalue weighted by Crippen LogP contribution is 2.29. The smallest absolute Gasteiger partial charge is 0.330 e. The Morgan fingerprint density at radius 1 is 1.19 bits per heavy atom. The van der Waals surface area contributed by atoms with Gasteiger partial charge in [-0.25, -0.2) is 4.79 Å². The minimum Gasteiger partial charge on any atom is -0.479 e. The van der Waals surface area contributed by atoms with Gasteiger partial charge in [-0.1, -0.05) is 56.3 Å². The lowest BCUT2D eigenvalue weighted by molar-refractivity contribution is -0.124. The van der Waals surface area contributed by atoms with Crippen molar-refractivity contribution in [3.05, 3.63) is 49.1 Å². The molecular formula is C22H30Cl2N4O4. The Balaban J connectivity index is 2.43. The van der Waals surface area contributed by atoms with E-state index in [1.165, 1.54) is 15.5 Å². The van der Waals surface area contributed by atoms with Gasteiger partial charge < -0.3 is 15.4 Å². The van der Waals surface area contributed by atoms with E-state index in [9.17, 15) is 14.4 Å². The van der Waals surface area contributed by atoms with Crippen LogP contribution in [0.2, 0.25) is 10.0 Å². The molecule has 32 heavy (non-hydrogen) atoms. The minimum atomic E-state index is -0.967. The molecule has 10 heteroatoms. The van der Waals surface area contributed by atoms with Gasteiger partial charge in [0, 0.05) is 18.1 Å². The van der Waals surface area contributed by atoms with Gasteiger partial charge in [-0.15, -0.1) is 0 Å². The first-order valence-corrected chi connectivity index (χ1v) is 11.5. The van der Waals surface area contributed by atoms with E-state index in [2.05, 4.69) is 4.98 Å². The Bertz CT molecular complexity index is 1050. The monoisotopic (exact) mass is 484 g/mol. The molecule has 0 fully saturated rings. The molecule has 0 bridgehead atoms. The van der Waals surface area contributed by atoms with Gasteiger partial charge in [0.25, 0.3) is 11.5 Å². The summed E-state index contributed by atoms with van der Waals surface area (Å²) < 4.78 is 7.06. The second-order valence-corrected chi connectivity index (χ2v) is 8.37. The lowest BCUT2D eigenvalue weighted by atomic mass is 10.2. The summed E-state index contributed by atoms with van der Waals surface area (Å²) in [6.07, 6.45) is 3.01. The minimum absolute atomic E-state index is 0.0335. The highest BCUT2D eigenvalue weighted by molar-refractivity contribution is 6.35. The molecule has 0 spiro atoms. The molecule has 0 aliphatic heterocycles. The fraction of sp³-hybridized carbons (Fsp3) is 0.500. The van der Waals surface area contributed by atoms with E-state index in [-0.39, 0.29) is 23.1 Å². The van der Waals surface area contributed by atoms with E-state index >= 15 is 0 Å². The number of halogens is 2. The summed E-state index contributed by atoms with van der Waals surface area (Å²) in [5.74, 6) is -0.209. The average Bonchev–Trinajstić information content (AvgIpc) is 2.73. The number of anilines is 2. The predicted octanol–water partition coefficient (Wildman–Crippen LogP) is 4.22. The van der Waals surface area contributed by atoms with Crippen molar-refractivity contribution >= 4 is 40.6 Å². The lowest BCUT2D eigenvalue weighted by Crippen LogP contribution is -2.46. The van der Waals surface area contributed by atoms with E-state index in [1.807, 2.05) is 13.8 Å². The first-order chi connectivity index (χ1) is 15.2. The molecule has 1 aromatic carbocycles. The maximum absolute atomic E-state index is 13.4. The lowest BCUT2D eigenvalue weighted by Gasteiger charge is -2.27. The summed E-state index contributed by atoms with van der Waals surface area (Å²) >= 11 is 12.1. The number of unbranched alkanes of at least 4 members (excludes halogenated alkanes) is 3. The second kappa shape index (κ2) is 12.0. The van der Waals surface area contributed by atoms with Crippen molar-refractivity contribution < 1.29 is 9.53 Å². The molecule has 0 saturated carbocycles. The van der Waals surface area contributed by atoms with Gasteiger partial charge >= 0.3 is 5.69 Å². The van der Waals surface area contributed by atoms with Crippen LogP contribution in [0.5, 0.6) is 5.75 Å². The zero-order valence-electron chi connectivity index (χ0n) is 18.6. The summed E-state index contributed by atoms with van der Waals surface area (Å²) in [5, 5.41) is 0.705.